The third kappa shape index (κ3) is 2.46. The molecule has 2 N–H and O–H groups in total. The van der Waals surface area contributed by atoms with Crippen LogP contribution in [0.2, 0.25) is 0 Å². The number of carbonyl (C=O) groups is 4. The quantitative estimate of drug-likeness (QED) is 0.515. The van der Waals surface area contributed by atoms with Gasteiger partial charge in [-0.05, 0) is 24.8 Å². The highest BCUT2D eigenvalue weighted by atomic mass is 19.3. The first-order valence-electron chi connectivity index (χ1n) is 8.92. The third-order valence-corrected chi connectivity index (χ3v) is 6.00. The van der Waals surface area contributed by atoms with E-state index in [0.29, 0.717) is 12.2 Å². The number of Topliss-reactive ketones (excluding diaryl/α,β-unsaturated/α-hetero) is 1. The molecule has 8 nitrogen and oxygen atoms in total. The summed E-state index contributed by atoms with van der Waals surface area (Å²) >= 11 is 0. The smallest absolute Gasteiger partial charge is 0.293 e. The number of fused-ring (bicyclic) bond motifs is 3. The number of amides is 2. The maximum absolute atomic E-state index is 13.4. The van der Waals surface area contributed by atoms with Crippen LogP contribution in [0, 0.1) is 12.8 Å². The number of aromatic carboxylic acids is 1. The molecule has 150 valence electrons. The van der Waals surface area contributed by atoms with E-state index < -0.39 is 47.9 Å². The molecule has 0 radical (unpaired) electrons. The SMILES string of the molecule is CNC(=O)C1(NC(=O)C(=O)c2c(C)c(C(=O)[O-])n3c2[C@@H]2C[C@@H]2C3)CC(F)(F)C1. The molecule has 1 aliphatic heterocycles. The number of ketones is 1. The Labute approximate surface area is 158 Å². The number of hydrogen-bond donors (Lipinski definition) is 2. The average Bonchev–Trinajstić information content (AvgIpc) is 3.15. The molecule has 0 aromatic carbocycles. The molecule has 2 fully saturated rings. The second-order valence-electron chi connectivity index (χ2n) is 7.89. The summed E-state index contributed by atoms with van der Waals surface area (Å²) in [5, 5.41) is 15.9. The monoisotopic (exact) mass is 394 g/mol. The van der Waals surface area contributed by atoms with Crippen LogP contribution in [0.3, 0.4) is 0 Å². The number of nitrogens with zero attached hydrogens (tertiary/aromatic N) is 1. The molecule has 0 spiro atoms. The molecule has 1 aromatic heterocycles. The zero-order chi connectivity index (χ0) is 20.6. The van der Waals surface area contributed by atoms with E-state index in [-0.39, 0.29) is 28.7 Å². The molecular formula is C18H18F2N3O5-. The molecule has 28 heavy (non-hydrogen) atoms. The number of carbonyl (C=O) groups excluding carboxylic acids is 4. The molecule has 1 aromatic rings. The lowest BCUT2D eigenvalue weighted by atomic mass is 9.72. The van der Waals surface area contributed by atoms with E-state index in [1.807, 2.05) is 0 Å². The minimum Gasteiger partial charge on any atom is -0.543 e. The van der Waals surface area contributed by atoms with E-state index in [9.17, 15) is 33.1 Å². The van der Waals surface area contributed by atoms with Crippen molar-refractivity contribution < 1.29 is 33.1 Å². The lowest BCUT2D eigenvalue weighted by molar-refractivity contribution is -0.255. The molecule has 3 aliphatic rings. The molecule has 2 heterocycles. The van der Waals surface area contributed by atoms with Crippen molar-refractivity contribution in [2.24, 2.45) is 5.92 Å². The Hall–Kier alpha value is -2.78. The van der Waals surface area contributed by atoms with Crippen LogP contribution in [0.25, 0.3) is 0 Å². The fourth-order valence-corrected chi connectivity index (χ4v) is 4.68. The van der Waals surface area contributed by atoms with Gasteiger partial charge in [0.15, 0.2) is 0 Å². The van der Waals surface area contributed by atoms with Gasteiger partial charge in [-0.3, -0.25) is 14.4 Å². The first-order chi connectivity index (χ1) is 13.0. The molecule has 0 bridgehead atoms. The summed E-state index contributed by atoms with van der Waals surface area (Å²) in [6.07, 6.45) is -1.01. The Morgan fingerprint density at radius 1 is 1.21 bits per heavy atom. The molecule has 10 heteroatoms. The minimum absolute atomic E-state index is 0.000475. The standard InChI is InChI=1S/C18H19F2N3O5/c1-7-10(12-9-3-8(9)4-23(12)11(7)15(26)27)13(24)14(25)22-17(16(28)21-2)5-18(19,20)6-17/h8-9H,3-6H2,1-2H3,(H,21,28)(H,22,25)(H,26,27)/p-1/t8-,9-/m1/s1. The van der Waals surface area contributed by atoms with Crippen molar-refractivity contribution in [3.8, 4) is 0 Å². The second kappa shape index (κ2) is 5.62. The van der Waals surface area contributed by atoms with Crippen LogP contribution in [-0.2, 0) is 16.1 Å². The fourth-order valence-electron chi connectivity index (χ4n) is 4.68. The number of rotatable bonds is 5. The number of alkyl halides is 2. The number of likely N-dealkylation sites (N-methyl/N-ethyl adjacent to an activating group) is 1. The molecule has 2 aliphatic carbocycles. The zero-order valence-electron chi connectivity index (χ0n) is 15.2. The van der Waals surface area contributed by atoms with Crippen LogP contribution < -0.4 is 15.7 Å². The topological polar surface area (TPSA) is 120 Å². The Kier molecular flexibility index (Phi) is 3.73. The van der Waals surface area contributed by atoms with Gasteiger partial charge < -0.3 is 25.1 Å². The first-order valence-corrected chi connectivity index (χ1v) is 8.92. The predicted octanol–water partition coefficient (Wildman–Crippen LogP) is -0.510. The van der Waals surface area contributed by atoms with Gasteiger partial charge in [0.1, 0.15) is 5.54 Å². The van der Waals surface area contributed by atoms with Crippen molar-refractivity contribution in [1.82, 2.24) is 15.2 Å². The van der Waals surface area contributed by atoms with Crippen molar-refractivity contribution in [2.45, 2.75) is 50.1 Å². The van der Waals surface area contributed by atoms with Crippen LogP contribution >= 0.6 is 0 Å². The average molecular weight is 394 g/mol. The van der Waals surface area contributed by atoms with Crippen LogP contribution in [0.5, 0.6) is 0 Å². The molecule has 2 atom stereocenters. The fraction of sp³-hybridized carbons (Fsp3) is 0.556. The van der Waals surface area contributed by atoms with E-state index >= 15 is 0 Å². The summed E-state index contributed by atoms with van der Waals surface area (Å²) in [5.41, 5.74) is -1.43. The predicted molar refractivity (Wildman–Crippen MR) is 87.8 cm³/mol. The third-order valence-electron chi connectivity index (χ3n) is 6.00. The van der Waals surface area contributed by atoms with Gasteiger partial charge in [-0.15, -0.1) is 0 Å². The largest absolute Gasteiger partial charge is 0.543 e. The van der Waals surface area contributed by atoms with Crippen LogP contribution in [0.4, 0.5) is 8.78 Å². The van der Waals surface area contributed by atoms with Gasteiger partial charge in [-0.2, -0.15) is 0 Å². The number of carboxylic acids is 1. The molecular weight excluding hydrogens is 376 g/mol. The van der Waals surface area contributed by atoms with E-state index in [1.165, 1.54) is 18.5 Å². The van der Waals surface area contributed by atoms with E-state index in [2.05, 4.69) is 10.6 Å². The Morgan fingerprint density at radius 3 is 2.39 bits per heavy atom. The highest BCUT2D eigenvalue weighted by Crippen LogP contribution is 2.56. The van der Waals surface area contributed by atoms with Crippen LogP contribution in [-0.4, -0.2) is 46.6 Å². The normalized spacial score (nSPS) is 25.1. The highest BCUT2D eigenvalue weighted by molar-refractivity contribution is 6.44. The Bertz CT molecular complexity index is 944. The van der Waals surface area contributed by atoms with E-state index in [4.69, 9.17) is 0 Å². The molecule has 0 saturated heterocycles. The number of halogens is 2. The molecule has 2 amide bonds. The van der Waals surface area contributed by atoms with Crippen molar-refractivity contribution >= 4 is 23.6 Å². The van der Waals surface area contributed by atoms with Gasteiger partial charge in [-0.25, -0.2) is 8.78 Å². The van der Waals surface area contributed by atoms with Gasteiger partial charge in [0.05, 0.1) is 17.2 Å². The summed E-state index contributed by atoms with van der Waals surface area (Å²) in [7, 11) is 1.25. The summed E-state index contributed by atoms with van der Waals surface area (Å²) in [6, 6.07) is 0. The van der Waals surface area contributed by atoms with Gasteiger partial charge in [0, 0.05) is 38.0 Å². The van der Waals surface area contributed by atoms with Crippen molar-refractivity contribution in [3.63, 3.8) is 0 Å². The molecule has 2 saturated carbocycles. The van der Waals surface area contributed by atoms with Gasteiger partial charge in [0.25, 0.3) is 17.6 Å². The minimum atomic E-state index is -3.11. The maximum Gasteiger partial charge on any atom is 0.293 e. The highest BCUT2D eigenvalue weighted by Gasteiger charge is 2.62. The van der Waals surface area contributed by atoms with Crippen molar-refractivity contribution in [3.05, 3.63) is 22.5 Å². The number of nitrogens with one attached hydrogen (secondary N) is 2. The van der Waals surface area contributed by atoms with E-state index in [1.54, 1.807) is 0 Å². The van der Waals surface area contributed by atoms with Crippen LogP contribution in [0.15, 0.2) is 0 Å². The summed E-state index contributed by atoms with van der Waals surface area (Å²) in [6.45, 7) is 1.85. The summed E-state index contributed by atoms with van der Waals surface area (Å²) < 4.78 is 28.3. The summed E-state index contributed by atoms with van der Waals surface area (Å²) in [4.78, 5) is 49.0. The van der Waals surface area contributed by atoms with Crippen molar-refractivity contribution in [1.29, 1.82) is 0 Å². The Morgan fingerprint density at radius 2 is 1.86 bits per heavy atom. The van der Waals surface area contributed by atoms with Gasteiger partial charge in [0.2, 0.25) is 5.91 Å². The zero-order valence-corrected chi connectivity index (χ0v) is 15.2. The lowest BCUT2D eigenvalue weighted by Gasteiger charge is -2.45. The van der Waals surface area contributed by atoms with Crippen LogP contribution in [0.1, 0.15) is 57.3 Å². The Balaban J connectivity index is 1.66. The van der Waals surface area contributed by atoms with Gasteiger partial charge in [-0.1, -0.05) is 0 Å². The first kappa shape index (κ1) is 18.6. The lowest BCUT2D eigenvalue weighted by Crippen LogP contribution is -2.69. The van der Waals surface area contributed by atoms with E-state index in [0.717, 1.165) is 6.42 Å². The maximum atomic E-state index is 13.4. The molecule has 4 rings (SSSR count). The van der Waals surface area contributed by atoms with Gasteiger partial charge >= 0.3 is 0 Å². The summed E-state index contributed by atoms with van der Waals surface area (Å²) in [5.74, 6) is -7.37. The number of hydrogen-bond acceptors (Lipinski definition) is 5. The number of aromatic nitrogens is 1. The molecule has 0 unspecified atom stereocenters. The second-order valence-corrected chi connectivity index (χ2v) is 7.89. The number of carboxylic acid groups (broad SMARTS) is 1. The van der Waals surface area contributed by atoms with Crippen molar-refractivity contribution in [2.75, 3.05) is 7.05 Å².